The van der Waals surface area contributed by atoms with Crippen LogP contribution in [0.4, 0.5) is 5.69 Å². The maximum atomic E-state index is 6.30. The van der Waals surface area contributed by atoms with Crippen LogP contribution in [0.5, 0.6) is 11.5 Å². The first-order valence-electron chi connectivity index (χ1n) is 9.66. The van der Waals surface area contributed by atoms with Gasteiger partial charge in [-0.2, -0.15) is 0 Å². The van der Waals surface area contributed by atoms with Crippen molar-refractivity contribution in [2.24, 2.45) is 4.99 Å². The van der Waals surface area contributed by atoms with Gasteiger partial charge in [-0.3, -0.25) is 4.99 Å². The van der Waals surface area contributed by atoms with Crippen LogP contribution in [0, 0.1) is 0 Å². The quantitative estimate of drug-likeness (QED) is 0.655. The Hall–Kier alpha value is -1.91. The van der Waals surface area contributed by atoms with E-state index in [1.807, 2.05) is 25.1 Å². The van der Waals surface area contributed by atoms with E-state index in [2.05, 4.69) is 39.8 Å². The van der Waals surface area contributed by atoms with Gasteiger partial charge in [0.25, 0.3) is 0 Å². The van der Waals surface area contributed by atoms with Gasteiger partial charge in [0.2, 0.25) is 0 Å². The molecular weight excluding hydrogens is 407 g/mol. The minimum atomic E-state index is -0.253. The molecule has 0 spiro atoms. The van der Waals surface area contributed by atoms with Crippen molar-refractivity contribution in [1.82, 2.24) is 0 Å². The van der Waals surface area contributed by atoms with Crippen LogP contribution in [0.3, 0.4) is 0 Å². The second-order valence-corrected chi connectivity index (χ2v) is 8.76. The van der Waals surface area contributed by atoms with Gasteiger partial charge in [-0.25, -0.2) is 0 Å². The highest BCUT2D eigenvalue weighted by Crippen LogP contribution is 2.48. The van der Waals surface area contributed by atoms with Crippen LogP contribution < -0.4 is 15.2 Å². The van der Waals surface area contributed by atoms with E-state index < -0.39 is 0 Å². The molecule has 0 saturated heterocycles. The Morgan fingerprint density at radius 3 is 2.48 bits per heavy atom. The number of aliphatic imine (C=N–C) groups is 1. The highest BCUT2D eigenvalue weighted by Gasteiger charge is 2.39. The average molecular weight is 437 g/mol. The summed E-state index contributed by atoms with van der Waals surface area (Å²) >= 11 is 0. The Morgan fingerprint density at radius 2 is 1.83 bits per heavy atom. The van der Waals surface area contributed by atoms with E-state index in [0.717, 1.165) is 41.3 Å². The van der Waals surface area contributed by atoms with Crippen LogP contribution in [0.2, 0.25) is 0 Å². The van der Waals surface area contributed by atoms with Gasteiger partial charge in [0.1, 0.15) is 5.60 Å². The first-order chi connectivity index (χ1) is 12.7. The molecule has 0 bridgehead atoms. The molecule has 0 saturated carbocycles. The van der Waals surface area contributed by atoms with Gasteiger partial charge in [-0.05, 0) is 64.8 Å². The summed E-state index contributed by atoms with van der Waals surface area (Å²) in [5.41, 5.74) is 12.1. The summed E-state index contributed by atoms with van der Waals surface area (Å²) < 4.78 is 12.3. The van der Waals surface area contributed by atoms with E-state index >= 15 is 0 Å². The van der Waals surface area contributed by atoms with E-state index in [1.54, 1.807) is 0 Å². The number of hydrogen-bond donors (Lipinski definition) is 1. The van der Waals surface area contributed by atoms with Crippen LogP contribution in [0.25, 0.3) is 0 Å². The number of anilines is 1. The van der Waals surface area contributed by atoms with Gasteiger partial charge >= 0.3 is 0 Å². The normalized spacial score (nSPS) is 17.6. The fraction of sp³-hybridized carbons (Fsp3) is 0.435. The zero-order chi connectivity index (χ0) is 19.4. The predicted molar refractivity (Wildman–Crippen MR) is 125 cm³/mol. The maximum absolute atomic E-state index is 6.30. The van der Waals surface area contributed by atoms with E-state index in [4.69, 9.17) is 20.2 Å². The van der Waals surface area contributed by atoms with Gasteiger partial charge in [0.05, 0.1) is 17.9 Å². The Labute approximate surface area is 185 Å². The molecular formula is C23H30Cl2N2O2. The highest BCUT2D eigenvalue weighted by molar-refractivity contribution is 6.16. The smallest absolute Gasteiger partial charge is 0.166 e. The van der Waals surface area contributed by atoms with Crippen molar-refractivity contribution in [1.29, 1.82) is 0 Å². The number of fused-ring (bicyclic) bond motifs is 3. The summed E-state index contributed by atoms with van der Waals surface area (Å²) in [5.74, 6) is 1.72. The van der Waals surface area contributed by atoms with Crippen molar-refractivity contribution in [2.75, 3.05) is 12.3 Å². The Kier molecular flexibility index (Phi) is 6.51. The summed E-state index contributed by atoms with van der Waals surface area (Å²) in [6.45, 7) is 11.2. The molecule has 158 valence electrons. The summed E-state index contributed by atoms with van der Waals surface area (Å²) in [7, 11) is 0. The van der Waals surface area contributed by atoms with Crippen LogP contribution in [-0.4, -0.2) is 23.5 Å². The number of rotatable bonds is 3. The summed E-state index contributed by atoms with van der Waals surface area (Å²) in [6.07, 6.45) is 1.72. The third-order valence-electron chi connectivity index (χ3n) is 5.14. The van der Waals surface area contributed by atoms with Gasteiger partial charge in [0, 0.05) is 28.8 Å². The minimum absolute atomic E-state index is 0. The molecule has 2 aliphatic rings. The lowest BCUT2D eigenvalue weighted by atomic mass is 9.81. The van der Waals surface area contributed by atoms with Crippen molar-refractivity contribution < 1.29 is 9.47 Å². The van der Waals surface area contributed by atoms with Crippen LogP contribution >= 0.6 is 24.8 Å². The summed E-state index contributed by atoms with van der Waals surface area (Å²) in [4.78, 5) is 5.13. The number of ether oxygens (including phenoxy) is 2. The molecule has 0 atom stereocenters. The monoisotopic (exact) mass is 436 g/mol. The lowest BCUT2D eigenvalue weighted by Gasteiger charge is -2.31. The predicted octanol–water partition coefficient (Wildman–Crippen LogP) is 5.40. The number of nitrogen functional groups attached to an aromatic ring is 1. The molecule has 0 fully saturated rings. The van der Waals surface area contributed by atoms with Crippen LogP contribution in [-0.2, 0) is 12.8 Å². The topological polar surface area (TPSA) is 56.8 Å². The molecule has 2 aromatic carbocycles. The summed E-state index contributed by atoms with van der Waals surface area (Å²) in [5, 5.41) is 0. The highest BCUT2D eigenvalue weighted by atomic mass is 35.5. The Morgan fingerprint density at radius 1 is 1.10 bits per heavy atom. The second-order valence-electron chi connectivity index (χ2n) is 8.76. The third-order valence-corrected chi connectivity index (χ3v) is 5.14. The number of halogens is 2. The zero-order valence-corrected chi connectivity index (χ0v) is 19.3. The third kappa shape index (κ3) is 4.34. The molecule has 2 N–H and O–H groups in total. The Bertz CT molecular complexity index is 952. The van der Waals surface area contributed by atoms with E-state index in [9.17, 15) is 0 Å². The van der Waals surface area contributed by atoms with E-state index in [1.165, 1.54) is 16.7 Å². The lowest BCUT2D eigenvalue weighted by Crippen LogP contribution is -2.30. The van der Waals surface area contributed by atoms with Gasteiger partial charge < -0.3 is 15.2 Å². The van der Waals surface area contributed by atoms with Crippen molar-refractivity contribution in [3.8, 4) is 11.5 Å². The van der Waals surface area contributed by atoms with E-state index in [-0.39, 0.29) is 36.0 Å². The van der Waals surface area contributed by atoms with Crippen molar-refractivity contribution in [3.05, 3.63) is 52.6 Å². The zero-order valence-electron chi connectivity index (χ0n) is 17.7. The number of hydrogen-bond acceptors (Lipinski definition) is 4. The number of nitrogens with two attached hydrogens (primary N) is 1. The van der Waals surface area contributed by atoms with Gasteiger partial charge in [-0.15, -0.1) is 24.8 Å². The maximum Gasteiger partial charge on any atom is 0.166 e. The van der Waals surface area contributed by atoms with Crippen LogP contribution in [0.15, 0.2) is 35.3 Å². The van der Waals surface area contributed by atoms with Crippen LogP contribution in [0.1, 0.15) is 56.9 Å². The number of benzene rings is 2. The molecule has 29 heavy (non-hydrogen) atoms. The average Bonchev–Trinajstić information content (AvgIpc) is 2.89. The first kappa shape index (κ1) is 23.4. The first-order valence-corrected chi connectivity index (χ1v) is 9.66. The second kappa shape index (κ2) is 8.08. The molecule has 4 rings (SSSR count). The molecule has 0 amide bonds. The van der Waals surface area contributed by atoms with Crippen molar-refractivity contribution >= 4 is 36.2 Å². The molecule has 0 aromatic heterocycles. The molecule has 6 heteroatoms. The van der Waals surface area contributed by atoms with Crippen molar-refractivity contribution in [3.63, 3.8) is 0 Å². The standard InChI is InChI=1S/C23H28N2O2.2ClH/c1-6-26-18-11-15-12-22(2,3)25-20(14-8-7-9-16(24)10-14)19(15)17-13-23(4,5)27-21(17)18;;/h7-11H,6,12-13,24H2,1-5H3;2*1H. The molecule has 0 aliphatic carbocycles. The Balaban J connectivity index is 0.00000150. The lowest BCUT2D eigenvalue weighted by molar-refractivity contribution is 0.132. The fourth-order valence-corrected chi connectivity index (χ4v) is 4.23. The van der Waals surface area contributed by atoms with E-state index in [0.29, 0.717) is 6.61 Å². The molecule has 2 heterocycles. The van der Waals surface area contributed by atoms with Gasteiger partial charge in [0.15, 0.2) is 11.5 Å². The fourth-order valence-electron chi connectivity index (χ4n) is 4.23. The van der Waals surface area contributed by atoms with Crippen molar-refractivity contribution in [2.45, 2.75) is 58.6 Å². The molecule has 0 unspecified atom stereocenters. The molecule has 4 nitrogen and oxygen atoms in total. The SMILES string of the molecule is CCOc1cc2c(c3c1OC(C)(C)C3)C(c1cccc(N)c1)=NC(C)(C)C2.Cl.Cl. The summed E-state index contributed by atoms with van der Waals surface area (Å²) in [6, 6.07) is 10.2. The molecule has 2 aliphatic heterocycles. The molecule has 2 aromatic rings. The minimum Gasteiger partial charge on any atom is -0.490 e. The largest absolute Gasteiger partial charge is 0.490 e. The molecule has 0 radical (unpaired) electrons. The van der Waals surface area contributed by atoms with Gasteiger partial charge in [-0.1, -0.05) is 12.1 Å². The number of nitrogens with zero attached hydrogens (tertiary/aromatic N) is 1.